The lowest BCUT2D eigenvalue weighted by Crippen LogP contribution is -2.53. The zero-order chi connectivity index (χ0) is 15.5. The van der Waals surface area contributed by atoms with Crippen LogP contribution in [-0.2, 0) is 11.2 Å². The second-order valence-electron chi connectivity index (χ2n) is 6.06. The summed E-state index contributed by atoms with van der Waals surface area (Å²) in [4.78, 5) is 14.9. The number of carbonyl (C=O) groups excluding carboxylic acids is 1. The van der Waals surface area contributed by atoms with Crippen molar-refractivity contribution in [3.63, 3.8) is 0 Å². The van der Waals surface area contributed by atoms with Gasteiger partial charge in [0, 0.05) is 6.42 Å². The number of nitrogens with zero attached hydrogens (tertiary/aromatic N) is 1. The van der Waals surface area contributed by atoms with Crippen LogP contribution in [-0.4, -0.2) is 37.4 Å². The van der Waals surface area contributed by atoms with Crippen molar-refractivity contribution in [3.05, 3.63) is 29.6 Å². The molecule has 0 radical (unpaired) electrons. The Morgan fingerprint density at radius 1 is 1.29 bits per heavy atom. The van der Waals surface area contributed by atoms with Gasteiger partial charge >= 0.3 is 0 Å². The fourth-order valence-corrected chi connectivity index (χ4v) is 3.28. The number of benzene rings is 1. The molecule has 0 heterocycles. The van der Waals surface area contributed by atoms with Crippen LogP contribution in [0.1, 0.15) is 37.7 Å². The van der Waals surface area contributed by atoms with E-state index < -0.39 is 5.82 Å². The highest BCUT2D eigenvalue weighted by atomic mass is 19.1. The molecule has 1 aromatic rings. The second kappa shape index (κ2) is 6.56. The van der Waals surface area contributed by atoms with Gasteiger partial charge in [-0.2, -0.15) is 0 Å². The van der Waals surface area contributed by atoms with Crippen molar-refractivity contribution in [2.24, 2.45) is 0 Å². The van der Waals surface area contributed by atoms with Crippen LogP contribution in [0.3, 0.4) is 0 Å². The summed E-state index contributed by atoms with van der Waals surface area (Å²) in [6.07, 6.45) is 5.44. The first-order chi connectivity index (χ1) is 9.99. The van der Waals surface area contributed by atoms with Crippen molar-refractivity contribution in [2.45, 2.75) is 44.1 Å². The maximum atomic E-state index is 13.8. The molecular weight excluding hydrogens is 269 g/mol. The molecule has 2 rings (SSSR count). The molecule has 0 amide bonds. The third-order valence-corrected chi connectivity index (χ3v) is 4.64. The molecule has 1 aliphatic carbocycles. The molecule has 0 aliphatic heterocycles. The van der Waals surface area contributed by atoms with E-state index in [4.69, 9.17) is 4.74 Å². The van der Waals surface area contributed by atoms with Gasteiger partial charge in [0.2, 0.25) is 0 Å². The van der Waals surface area contributed by atoms with E-state index in [-0.39, 0.29) is 23.5 Å². The van der Waals surface area contributed by atoms with Gasteiger partial charge in [-0.1, -0.05) is 25.3 Å². The third kappa shape index (κ3) is 3.26. The first kappa shape index (κ1) is 16.0. The van der Waals surface area contributed by atoms with E-state index in [9.17, 15) is 9.18 Å². The Balaban J connectivity index is 2.17. The number of likely N-dealkylation sites (N-methyl/N-ethyl adjacent to an activating group) is 1. The number of Topliss-reactive ketones (excluding diaryl/α,β-unsaturated/α-hetero) is 1. The quantitative estimate of drug-likeness (QED) is 0.835. The normalized spacial score (nSPS) is 17.8. The summed E-state index contributed by atoms with van der Waals surface area (Å²) in [7, 11) is 5.38. The highest BCUT2D eigenvalue weighted by Gasteiger charge is 2.40. The lowest BCUT2D eigenvalue weighted by molar-refractivity contribution is -0.131. The molecule has 21 heavy (non-hydrogen) atoms. The number of hydrogen-bond donors (Lipinski definition) is 0. The number of rotatable bonds is 5. The fraction of sp³-hybridized carbons (Fsp3) is 0.588. The van der Waals surface area contributed by atoms with Crippen molar-refractivity contribution in [2.75, 3.05) is 21.2 Å². The molecule has 0 N–H and O–H groups in total. The zero-order valence-corrected chi connectivity index (χ0v) is 13.1. The molecule has 4 heteroatoms. The highest BCUT2D eigenvalue weighted by molar-refractivity contribution is 5.90. The number of hydrogen-bond acceptors (Lipinski definition) is 3. The number of methoxy groups -OCH3 is 1. The van der Waals surface area contributed by atoms with E-state index in [0.29, 0.717) is 5.56 Å². The molecule has 0 aromatic heterocycles. The molecule has 1 fully saturated rings. The van der Waals surface area contributed by atoms with E-state index in [1.54, 1.807) is 12.1 Å². The lowest BCUT2D eigenvalue weighted by Gasteiger charge is -2.41. The van der Waals surface area contributed by atoms with Gasteiger partial charge in [0.15, 0.2) is 17.3 Å². The molecule has 3 nitrogen and oxygen atoms in total. The molecule has 0 atom stereocenters. The molecular formula is C17H24FNO2. The van der Waals surface area contributed by atoms with Crippen molar-refractivity contribution in [1.29, 1.82) is 0 Å². The molecule has 0 spiro atoms. The Hall–Kier alpha value is -1.42. The Morgan fingerprint density at radius 2 is 1.95 bits per heavy atom. The summed E-state index contributed by atoms with van der Waals surface area (Å²) >= 11 is 0. The third-order valence-electron chi connectivity index (χ3n) is 4.64. The van der Waals surface area contributed by atoms with Crippen LogP contribution in [0, 0.1) is 5.82 Å². The van der Waals surface area contributed by atoms with Crippen molar-refractivity contribution in [3.8, 4) is 5.75 Å². The molecule has 0 unspecified atom stereocenters. The second-order valence-corrected chi connectivity index (χ2v) is 6.06. The Kier molecular flexibility index (Phi) is 4.99. The van der Waals surface area contributed by atoms with E-state index >= 15 is 0 Å². The van der Waals surface area contributed by atoms with Crippen LogP contribution in [0.15, 0.2) is 18.2 Å². The number of ether oxygens (including phenoxy) is 1. The summed E-state index contributed by atoms with van der Waals surface area (Å²) in [6, 6.07) is 4.76. The predicted octanol–water partition coefficient (Wildman–Crippen LogP) is 3.21. The average molecular weight is 293 g/mol. The minimum absolute atomic E-state index is 0.191. The van der Waals surface area contributed by atoms with Gasteiger partial charge < -0.3 is 4.74 Å². The van der Waals surface area contributed by atoms with Gasteiger partial charge in [-0.25, -0.2) is 4.39 Å². The predicted molar refractivity (Wildman–Crippen MR) is 81.2 cm³/mol. The van der Waals surface area contributed by atoms with E-state index in [0.717, 1.165) is 25.7 Å². The van der Waals surface area contributed by atoms with Crippen LogP contribution >= 0.6 is 0 Å². The topological polar surface area (TPSA) is 29.5 Å². The summed E-state index contributed by atoms with van der Waals surface area (Å²) in [5.74, 6) is -0.00620. The Bertz CT molecular complexity index is 508. The number of ketones is 1. The molecule has 116 valence electrons. The molecule has 0 saturated heterocycles. The summed E-state index contributed by atoms with van der Waals surface area (Å²) in [5, 5.41) is 0. The van der Waals surface area contributed by atoms with Crippen molar-refractivity contribution < 1.29 is 13.9 Å². The van der Waals surface area contributed by atoms with Crippen LogP contribution in [0.2, 0.25) is 0 Å². The highest BCUT2D eigenvalue weighted by Crippen LogP contribution is 2.34. The molecule has 0 bridgehead atoms. The van der Waals surface area contributed by atoms with E-state index in [2.05, 4.69) is 0 Å². The SMILES string of the molecule is COc1ccc(CC(=O)C2(N(C)C)CCCCC2)cc1F. The van der Waals surface area contributed by atoms with Crippen molar-refractivity contribution in [1.82, 2.24) is 4.90 Å². The summed E-state index contributed by atoms with van der Waals surface area (Å²) in [5.41, 5.74) is 0.333. The van der Waals surface area contributed by atoms with E-state index in [1.165, 1.54) is 19.6 Å². The van der Waals surface area contributed by atoms with Crippen LogP contribution in [0.4, 0.5) is 4.39 Å². The average Bonchev–Trinajstić information content (AvgIpc) is 2.48. The van der Waals surface area contributed by atoms with Crippen molar-refractivity contribution >= 4 is 5.78 Å². The first-order valence-corrected chi connectivity index (χ1v) is 7.53. The Labute approximate surface area is 126 Å². The number of carbonyl (C=O) groups is 1. The largest absolute Gasteiger partial charge is 0.494 e. The minimum atomic E-state index is -0.412. The van der Waals surface area contributed by atoms with Gasteiger partial charge in [0.05, 0.1) is 12.6 Å². The van der Waals surface area contributed by atoms with Crippen LogP contribution < -0.4 is 4.74 Å². The minimum Gasteiger partial charge on any atom is -0.494 e. The Morgan fingerprint density at radius 3 is 2.48 bits per heavy atom. The fourth-order valence-electron chi connectivity index (χ4n) is 3.28. The van der Waals surface area contributed by atoms with Gasteiger partial charge in [-0.3, -0.25) is 9.69 Å². The van der Waals surface area contributed by atoms with Gasteiger partial charge in [0.1, 0.15) is 0 Å². The van der Waals surface area contributed by atoms with E-state index in [1.807, 2.05) is 19.0 Å². The summed E-state index contributed by atoms with van der Waals surface area (Å²) in [6.45, 7) is 0. The molecule has 1 saturated carbocycles. The zero-order valence-electron chi connectivity index (χ0n) is 13.1. The monoisotopic (exact) mass is 293 g/mol. The molecule has 1 aromatic carbocycles. The lowest BCUT2D eigenvalue weighted by atomic mass is 9.76. The smallest absolute Gasteiger partial charge is 0.165 e. The van der Waals surface area contributed by atoms with Crippen LogP contribution in [0.25, 0.3) is 0 Å². The molecule has 1 aliphatic rings. The maximum Gasteiger partial charge on any atom is 0.165 e. The van der Waals surface area contributed by atoms with Gasteiger partial charge in [-0.15, -0.1) is 0 Å². The maximum absolute atomic E-state index is 13.8. The van der Waals surface area contributed by atoms with Crippen LogP contribution in [0.5, 0.6) is 5.75 Å². The standard InChI is InChI=1S/C17H24FNO2/c1-19(2)17(9-5-4-6-10-17)16(20)12-13-7-8-15(21-3)14(18)11-13/h7-8,11H,4-6,9-10,12H2,1-3H3. The first-order valence-electron chi connectivity index (χ1n) is 7.53. The van der Waals surface area contributed by atoms with Gasteiger partial charge in [-0.05, 0) is 44.6 Å². The number of halogens is 1. The van der Waals surface area contributed by atoms with Gasteiger partial charge in [0.25, 0.3) is 0 Å². The summed E-state index contributed by atoms with van der Waals surface area (Å²) < 4.78 is 18.7.